The molecule has 0 unspecified atom stereocenters. The van der Waals surface area contributed by atoms with E-state index in [1.54, 1.807) is 7.05 Å². The first-order valence-corrected chi connectivity index (χ1v) is 5.87. The van der Waals surface area contributed by atoms with E-state index in [2.05, 4.69) is 5.32 Å². The summed E-state index contributed by atoms with van der Waals surface area (Å²) in [6.07, 6.45) is -0.839. The Hall–Kier alpha value is -2.15. The predicted octanol–water partition coefficient (Wildman–Crippen LogP) is 2.36. The van der Waals surface area contributed by atoms with Gasteiger partial charge in [0.05, 0.1) is 4.92 Å². The fourth-order valence-electron chi connectivity index (χ4n) is 0.998. The molecule has 1 N–H and O–H groups in total. The smallest absolute Gasteiger partial charge is 0.433 e. The first kappa shape index (κ1) is 16.9. The highest BCUT2D eigenvalue weighted by Crippen LogP contribution is 2.17. The molecule has 0 atom stereocenters. The Morgan fingerprint density at radius 2 is 1.89 bits per heavy atom. The summed E-state index contributed by atoms with van der Waals surface area (Å²) < 4.78 is 9.49. The lowest BCUT2D eigenvalue weighted by atomic mass is 10.3. The number of hydrogen-bond acceptors (Lipinski definition) is 6. The normalized spacial score (nSPS) is 9.00. The van der Waals surface area contributed by atoms with E-state index in [9.17, 15) is 14.9 Å². The van der Waals surface area contributed by atoms with Crippen molar-refractivity contribution in [2.45, 2.75) is 13.8 Å². The summed E-state index contributed by atoms with van der Waals surface area (Å²) in [5, 5.41) is 13.2. The van der Waals surface area contributed by atoms with Gasteiger partial charge in [-0.05, 0) is 19.2 Å². The molecule has 0 fully saturated rings. The Morgan fingerprint density at radius 3 is 2.37 bits per heavy atom. The maximum Gasteiger partial charge on any atom is 0.513 e. The molecular weight excluding hydrogens is 252 g/mol. The molecule has 0 spiro atoms. The van der Waals surface area contributed by atoms with Gasteiger partial charge in [-0.2, -0.15) is 0 Å². The van der Waals surface area contributed by atoms with Crippen molar-refractivity contribution in [1.29, 1.82) is 0 Å². The van der Waals surface area contributed by atoms with Crippen LogP contribution < -0.4 is 10.1 Å². The van der Waals surface area contributed by atoms with E-state index in [1.165, 1.54) is 24.3 Å². The highest BCUT2D eigenvalue weighted by atomic mass is 16.7. The van der Waals surface area contributed by atoms with Crippen molar-refractivity contribution in [3.63, 3.8) is 0 Å². The molecule has 0 radical (unpaired) electrons. The van der Waals surface area contributed by atoms with Crippen molar-refractivity contribution in [2.75, 3.05) is 20.2 Å². The summed E-state index contributed by atoms with van der Waals surface area (Å²) >= 11 is 0. The molecule has 0 heterocycles. The molecule has 0 saturated heterocycles. The van der Waals surface area contributed by atoms with Crippen LogP contribution in [0.1, 0.15) is 13.8 Å². The minimum Gasteiger partial charge on any atom is -0.433 e. The monoisotopic (exact) mass is 270 g/mol. The van der Waals surface area contributed by atoms with Crippen molar-refractivity contribution < 1.29 is 19.2 Å². The summed E-state index contributed by atoms with van der Waals surface area (Å²) in [4.78, 5) is 20.9. The summed E-state index contributed by atoms with van der Waals surface area (Å²) in [5.74, 6) is 0.199. The van der Waals surface area contributed by atoms with Gasteiger partial charge in [-0.25, -0.2) is 4.79 Å². The molecule has 7 heteroatoms. The lowest BCUT2D eigenvalue weighted by Gasteiger charge is -2.04. The Bertz CT molecular complexity index is 392. The average Bonchev–Trinajstić information content (AvgIpc) is 2.42. The van der Waals surface area contributed by atoms with E-state index >= 15 is 0 Å². The van der Waals surface area contributed by atoms with Crippen LogP contribution in [0.25, 0.3) is 0 Å². The third-order valence-corrected chi connectivity index (χ3v) is 1.82. The Balaban J connectivity index is 0.00000154. The summed E-state index contributed by atoms with van der Waals surface area (Å²) in [7, 11) is 1.73. The minimum absolute atomic E-state index is 0.0686. The van der Waals surface area contributed by atoms with Gasteiger partial charge < -0.3 is 14.8 Å². The van der Waals surface area contributed by atoms with Gasteiger partial charge >= 0.3 is 6.16 Å². The second-order valence-corrected chi connectivity index (χ2v) is 3.06. The number of carbonyl (C=O) groups is 1. The Morgan fingerprint density at radius 1 is 1.32 bits per heavy atom. The van der Waals surface area contributed by atoms with E-state index in [-0.39, 0.29) is 18.0 Å². The largest absolute Gasteiger partial charge is 0.513 e. The number of ether oxygens (including phenoxy) is 2. The van der Waals surface area contributed by atoms with Crippen LogP contribution >= 0.6 is 0 Å². The molecule has 106 valence electrons. The van der Waals surface area contributed by atoms with Gasteiger partial charge in [0.15, 0.2) is 0 Å². The number of non-ortho nitro benzene ring substituents is 1. The van der Waals surface area contributed by atoms with Gasteiger partial charge in [-0.1, -0.05) is 13.8 Å². The number of carbonyl (C=O) groups excluding carboxylic acids is 1. The molecule has 0 saturated carbocycles. The fraction of sp³-hybridized carbons (Fsp3) is 0.417. The quantitative estimate of drug-likeness (QED) is 0.290. The molecule has 19 heavy (non-hydrogen) atoms. The molecule has 0 aliphatic rings. The minimum atomic E-state index is -0.839. The van der Waals surface area contributed by atoms with E-state index in [1.807, 2.05) is 13.8 Å². The highest BCUT2D eigenvalue weighted by molar-refractivity contribution is 5.63. The number of benzene rings is 1. The SMILES string of the molecule is CC.CNCCOC(=O)Oc1ccc([N+](=O)[O-])cc1. The number of rotatable bonds is 5. The zero-order chi connectivity index (χ0) is 14.7. The second-order valence-electron chi connectivity index (χ2n) is 3.06. The average molecular weight is 270 g/mol. The van der Waals surface area contributed by atoms with Gasteiger partial charge in [0, 0.05) is 18.7 Å². The van der Waals surface area contributed by atoms with Crippen molar-refractivity contribution in [2.24, 2.45) is 0 Å². The maximum atomic E-state index is 11.1. The lowest BCUT2D eigenvalue weighted by molar-refractivity contribution is -0.384. The molecule has 0 aliphatic carbocycles. The standard InChI is InChI=1S/C10H12N2O5.C2H6/c1-11-6-7-16-10(13)17-9-4-2-8(3-5-9)12(14)15;1-2/h2-5,11H,6-7H2,1H3;1-2H3. The number of nitrogens with one attached hydrogen (secondary N) is 1. The van der Waals surface area contributed by atoms with Crippen molar-refractivity contribution in [3.05, 3.63) is 34.4 Å². The first-order valence-electron chi connectivity index (χ1n) is 5.87. The predicted molar refractivity (Wildman–Crippen MR) is 70.3 cm³/mol. The third-order valence-electron chi connectivity index (χ3n) is 1.82. The number of nitrogens with zero attached hydrogens (tertiary/aromatic N) is 1. The maximum absolute atomic E-state index is 11.1. The second kappa shape index (κ2) is 9.84. The van der Waals surface area contributed by atoms with Crippen LogP contribution in [0, 0.1) is 10.1 Å². The summed E-state index contributed by atoms with van der Waals surface area (Å²) in [6.45, 7) is 4.72. The summed E-state index contributed by atoms with van der Waals surface area (Å²) in [5.41, 5.74) is -0.0686. The lowest BCUT2D eigenvalue weighted by Crippen LogP contribution is -2.19. The van der Waals surface area contributed by atoms with Crippen LogP contribution in [0.2, 0.25) is 0 Å². The van der Waals surface area contributed by atoms with Crippen molar-refractivity contribution in [1.82, 2.24) is 5.32 Å². The van der Waals surface area contributed by atoms with Crippen molar-refractivity contribution >= 4 is 11.8 Å². The Labute approximate surface area is 111 Å². The van der Waals surface area contributed by atoms with Crippen LogP contribution in [-0.4, -0.2) is 31.3 Å². The molecule has 0 bridgehead atoms. The van der Waals surface area contributed by atoms with E-state index < -0.39 is 11.1 Å². The summed E-state index contributed by atoms with van der Waals surface area (Å²) in [6, 6.07) is 5.15. The van der Waals surface area contributed by atoms with E-state index in [4.69, 9.17) is 9.47 Å². The molecule has 1 aromatic rings. The van der Waals surface area contributed by atoms with Crippen molar-refractivity contribution in [3.8, 4) is 5.75 Å². The fourth-order valence-corrected chi connectivity index (χ4v) is 0.998. The molecule has 1 rings (SSSR count). The zero-order valence-corrected chi connectivity index (χ0v) is 11.2. The first-order chi connectivity index (χ1) is 9.13. The van der Waals surface area contributed by atoms with Gasteiger partial charge in [0.2, 0.25) is 0 Å². The molecule has 1 aromatic carbocycles. The Kier molecular flexibility index (Phi) is 8.72. The third kappa shape index (κ3) is 6.99. The molecular formula is C12H18N2O5. The van der Waals surface area contributed by atoms with Gasteiger partial charge in [0.25, 0.3) is 5.69 Å². The van der Waals surface area contributed by atoms with Crippen LogP contribution in [0.4, 0.5) is 10.5 Å². The number of nitro benzene ring substituents is 1. The molecule has 7 nitrogen and oxygen atoms in total. The van der Waals surface area contributed by atoms with Gasteiger partial charge in [-0.15, -0.1) is 0 Å². The van der Waals surface area contributed by atoms with E-state index in [0.717, 1.165) is 0 Å². The molecule has 0 amide bonds. The van der Waals surface area contributed by atoms with E-state index in [0.29, 0.717) is 6.54 Å². The van der Waals surface area contributed by atoms with Gasteiger partial charge in [-0.3, -0.25) is 10.1 Å². The number of nitro groups is 1. The van der Waals surface area contributed by atoms with Crippen LogP contribution in [0.5, 0.6) is 5.75 Å². The number of likely N-dealkylation sites (N-methyl/N-ethyl adjacent to an activating group) is 1. The highest BCUT2D eigenvalue weighted by Gasteiger charge is 2.08. The topological polar surface area (TPSA) is 90.7 Å². The molecule has 0 aliphatic heterocycles. The molecule has 0 aromatic heterocycles. The van der Waals surface area contributed by atoms with Crippen LogP contribution in [0.15, 0.2) is 24.3 Å². The van der Waals surface area contributed by atoms with Crippen LogP contribution in [0.3, 0.4) is 0 Å². The van der Waals surface area contributed by atoms with Gasteiger partial charge in [0.1, 0.15) is 12.4 Å². The van der Waals surface area contributed by atoms with Crippen LogP contribution in [-0.2, 0) is 4.74 Å². The number of hydrogen-bond donors (Lipinski definition) is 1. The zero-order valence-electron chi connectivity index (χ0n) is 11.2.